The lowest BCUT2D eigenvalue weighted by Gasteiger charge is -2.14. The second-order valence-corrected chi connectivity index (χ2v) is 3.55. The van der Waals surface area contributed by atoms with Gasteiger partial charge in [-0.3, -0.25) is 14.4 Å². The van der Waals surface area contributed by atoms with Crippen molar-refractivity contribution < 1.29 is 23.9 Å². The molecule has 0 heterocycles. The number of esters is 2. The lowest BCUT2D eigenvalue weighted by atomic mass is 9.92. The van der Waals surface area contributed by atoms with Gasteiger partial charge in [0, 0.05) is 12.8 Å². The van der Waals surface area contributed by atoms with Crippen molar-refractivity contribution in [3.8, 4) is 0 Å². The number of rotatable bonds is 3. The van der Waals surface area contributed by atoms with Gasteiger partial charge in [0.2, 0.25) is 0 Å². The molecule has 84 valence electrons. The van der Waals surface area contributed by atoms with Gasteiger partial charge < -0.3 is 9.47 Å². The average molecular weight is 214 g/mol. The van der Waals surface area contributed by atoms with Crippen molar-refractivity contribution in [2.24, 2.45) is 11.8 Å². The monoisotopic (exact) mass is 214 g/mol. The molecule has 0 aromatic heterocycles. The lowest BCUT2D eigenvalue weighted by Crippen LogP contribution is -2.27. The number of ether oxygens (including phenoxy) is 2. The third kappa shape index (κ3) is 2.55. The van der Waals surface area contributed by atoms with E-state index in [0.717, 1.165) is 0 Å². The van der Waals surface area contributed by atoms with Gasteiger partial charge in [-0.25, -0.2) is 0 Å². The fraction of sp³-hybridized carbons (Fsp3) is 0.700. The van der Waals surface area contributed by atoms with Crippen LogP contribution in [0.1, 0.15) is 19.3 Å². The molecule has 0 aromatic carbocycles. The third-order valence-electron chi connectivity index (χ3n) is 2.69. The topological polar surface area (TPSA) is 69.7 Å². The summed E-state index contributed by atoms with van der Waals surface area (Å²) >= 11 is 0. The van der Waals surface area contributed by atoms with Gasteiger partial charge in [0.15, 0.2) is 0 Å². The molecule has 1 aliphatic carbocycles. The molecule has 0 N–H and O–H groups in total. The third-order valence-corrected chi connectivity index (χ3v) is 2.69. The molecule has 0 spiro atoms. The molecular formula is C10H14O5. The number of methoxy groups -OCH3 is 2. The minimum Gasteiger partial charge on any atom is -0.469 e. The molecular weight excluding hydrogens is 200 g/mol. The zero-order valence-electron chi connectivity index (χ0n) is 8.82. The van der Waals surface area contributed by atoms with Crippen LogP contribution in [0.15, 0.2) is 0 Å². The molecule has 0 radical (unpaired) electrons. The summed E-state index contributed by atoms with van der Waals surface area (Å²) in [6, 6.07) is 0. The van der Waals surface area contributed by atoms with Crippen molar-refractivity contribution in [2.75, 3.05) is 14.2 Å². The molecule has 0 bridgehead atoms. The van der Waals surface area contributed by atoms with Gasteiger partial charge in [0.05, 0.1) is 14.2 Å². The van der Waals surface area contributed by atoms with Gasteiger partial charge in [-0.2, -0.15) is 0 Å². The Kier molecular flexibility index (Phi) is 3.82. The van der Waals surface area contributed by atoms with E-state index >= 15 is 0 Å². The van der Waals surface area contributed by atoms with Crippen LogP contribution in [0, 0.1) is 11.8 Å². The molecule has 1 fully saturated rings. The highest BCUT2D eigenvalue weighted by atomic mass is 16.5. The minimum absolute atomic E-state index is 0.0992. The zero-order valence-corrected chi connectivity index (χ0v) is 8.82. The molecule has 0 amide bonds. The van der Waals surface area contributed by atoms with E-state index in [9.17, 15) is 14.4 Å². The molecule has 1 saturated carbocycles. The summed E-state index contributed by atoms with van der Waals surface area (Å²) < 4.78 is 9.04. The highest BCUT2D eigenvalue weighted by molar-refractivity contribution is 6.01. The highest BCUT2D eigenvalue weighted by Crippen LogP contribution is 2.32. The summed E-state index contributed by atoms with van der Waals surface area (Å²) in [5.74, 6) is -2.14. The van der Waals surface area contributed by atoms with Crippen LogP contribution >= 0.6 is 0 Å². The molecule has 2 unspecified atom stereocenters. The van der Waals surface area contributed by atoms with Gasteiger partial charge in [-0.15, -0.1) is 0 Å². The normalized spacial score (nSPS) is 25.1. The van der Waals surface area contributed by atoms with Crippen LogP contribution in [-0.4, -0.2) is 31.9 Å². The Bertz CT molecular complexity index is 284. The molecule has 1 aliphatic rings. The second kappa shape index (κ2) is 4.91. The Morgan fingerprint density at radius 3 is 2.53 bits per heavy atom. The molecule has 0 aliphatic heterocycles. The number of hydrogen-bond donors (Lipinski definition) is 0. The summed E-state index contributed by atoms with van der Waals surface area (Å²) in [4.78, 5) is 33.8. The summed E-state index contributed by atoms with van der Waals surface area (Å²) in [5.41, 5.74) is 0. The Balaban J connectivity index is 2.67. The van der Waals surface area contributed by atoms with E-state index < -0.39 is 17.9 Å². The lowest BCUT2D eigenvalue weighted by molar-refractivity contribution is -0.150. The first-order chi connectivity index (χ1) is 7.10. The number of ketones is 1. The Morgan fingerprint density at radius 1 is 1.33 bits per heavy atom. The maximum atomic E-state index is 11.4. The van der Waals surface area contributed by atoms with Crippen molar-refractivity contribution in [1.29, 1.82) is 0 Å². The van der Waals surface area contributed by atoms with Crippen LogP contribution < -0.4 is 0 Å². The SMILES string of the molecule is COC(=O)CC1CCC(=O)C1C(=O)OC. The van der Waals surface area contributed by atoms with Crippen LogP contribution in [0.25, 0.3) is 0 Å². The number of hydrogen-bond acceptors (Lipinski definition) is 5. The summed E-state index contributed by atoms with van der Waals surface area (Å²) in [7, 11) is 2.52. The molecule has 0 aromatic rings. The molecule has 0 saturated heterocycles. The maximum absolute atomic E-state index is 11.4. The fourth-order valence-corrected chi connectivity index (χ4v) is 1.88. The van der Waals surface area contributed by atoms with Crippen LogP contribution in [-0.2, 0) is 23.9 Å². The standard InChI is InChI=1S/C10H14O5/c1-14-8(12)5-6-3-4-7(11)9(6)10(13)15-2/h6,9H,3-5H2,1-2H3. The van der Waals surface area contributed by atoms with Gasteiger partial charge >= 0.3 is 11.9 Å². The van der Waals surface area contributed by atoms with E-state index in [4.69, 9.17) is 0 Å². The van der Waals surface area contributed by atoms with Crippen molar-refractivity contribution in [3.05, 3.63) is 0 Å². The highest BCUT2D eigenvalue weighted by Gasteiger charge is 2.41. The van der Waals surface area contributed by atoms with Gasteiger partial charge in [0.1, 0.15) is 11.7 Å². The summed E-state index contributed by atoms with van der Waals surface area (Å²) in [6.07, 6.45) is 0.983. The van der Waals surface area contributed by atoms with E-state index in [1.165, 1.54) is 14.2 Å². The van der Waals surface area contributed by atoms with Crippen LogP contribution in [0.2, 0.25) is 0 Å². The average Bonchev–Trinajstić information content (AvgIpc) is 2.58. The maximum Gasteiger partial charge on any atom is 0.316 e. The Labute approximate surface area is 87.7 Å². The Morgan fingerprint density at radius 2 is 2.00 bits per heavy atom. The predicted octanol–water partition coefficient (Wildman–Crippen LogP) is 0.318. The number of carbonyl (C=O) groups is 3. The number of Topliss-reactive ketones (excluding diaryl/α,β-unsaturated/α-hetero) is 1. The molecule has 5 nitrogen and oxygen atoms in total. The second-order valence-electron chi connectivity index (χ2n) is 3.55. The quantitative estimate of drug-likeness (QED) is 0.499. The van der Waals surface area contributed by atoms with Crippen molar-refractivity contribution >= 4 is 17.7 Å². The first-order valence-electron chi connectivity index (χ1n) is 4.77. The molecule has 5 heteroatoms. The van der Waals surface area contributed by atoms with Gasteiger partial charge in [-0.1, -0.05) is 0 Å². The molecule has 1 rings (SSSR count). The molecule has 2 atom stereocenters. The van der Waals surface area contributed by atoms with Crippen molar-refractivity contribution in [2.45, 2.75) is 19.3 Å². The van der Waals surface area contributed by atoms with E-state index in [-0.39, 0.29) is 18.1 Å². The molecule has 15 heavy (non-hydrogen) atoms. The summed E-state index contributed by atoms with van der Waals surface area (Å²) in [5, 5.41) is 0. The smallest absolute Gasteiger partial charge is 0.316 e. The van der Waals surface area contributed by atoms with Crippen LogP contribution in [0.3, 0.4) is 0 Å². The predicted molar refractivity (Wildman–Crippen MR) is 49.9 cm³/mol. The van der Waals surface area contributed by atoms with E-state index in [1.54, 1.807) is 0 Å². The zero-order chi connectivity index (χ0) is 11.4. The first-order valence-corrected chi connectivity index (χ1v) is 4.77. The van der Waals surface area contributed by atoms with Gasteiger partial charge in [0.25, 0.3) is 0 Å². The van der Waals surface area contributed by atoms with Crippen molar-refractivity contribution in [1.82, 2.24) is 0 Å². The van der Waals surface area contributed by atoms with E-state index in [0.29, 0.717) is 12.8 Å². The van der Waals surface area contributed by atoms with Gasteiger partial charge in [-0.05, 0) is 12.3 Å². The van der Waals surface area contributed by atoms with Crippen molar-refractivity contribution in [3.63, 3.8) is 0 Å². The van der Waals surface area contributed by atoms with E-state index in [2.05, 4.69) is 9.47 Å². The van der Waals surface area contributed by atoms with Crippen LogP contribution in [0.4, 0.5) is 0 Å². The van der Waals surface area contributed by atoms with E-state index in [1.807, 2.05) is 0 Å². The first kappa shape index (κ1) is 11.7. The summed E-state index contributed by atoms with van der Waals surface area (Å²) in [6.45, 7) is 0. The largest absolute Gasteiger partial charge is 0.469 e. The Hall–Kier alpha value is -1.39. The minimum atomic E-state index is -0.783. The van der Waals surface area contributed by atoms with Crippen LogP contribution in [0.5, 0.6) is 0 Å². The fourth-order valence-electron chi connectivity index (χ4n) is 1.88. The number of carbonyl (C=O) groups excluding carboxylic acids is 3.